The lowest BCUT2D eigenvalue weighted by atomic mass is 10.2. The van der Waals surface area contributed by atoms with Gasteiger partial charge >= 0.3 is 0 Å². The van der Waals surface area contributed by atoms with Gasteiger partial charge in [-0.15, -0.1) is 0 Å². The molecule has 1 aromatic heterocycles. The highest BCUT2D eigenvalue weighted by Crippen LogP contribution is 2.17. The molecule has 2 N–H and O–H groups in total. The Balaban J connectivity index is 2.72. The zero-order valence-corrected chi connectivity index (χ0v) is 9.97. The van der Waals surface area contributed by atoms with Crippen LogP contribution in [0.2, 0.25) is 25.7 Å². The number of aryl methyl sites for hydroxylation is 1. The molecular formula is C10H17FN2Si. The normalized spacial score (nSPS) is 11.7. The van der Waals surface area contributed by atoms with Crippen LogP contribution < -0.4 is 5.73 Å². The Bertz CT molecular complexity index is 320. The lowest BCUT2D eigenvalue weighted by Gasteiger charge is -2.15. The Labute approximate surface area is 85.4 Å². The number of rotatable bonds is 3. The summed E-state index contributed by atoms with van der Waals surface area (Å²) < 4.78 is 12.9. The van der Waals surface area contributed by atoms with E-state index in [2.05, 4.69) is 24.6 Å². The highest BCUT2D eigenvalue weighted by atomic mass is 28.3. The second-order valence-electron chi connectivity index (χ2n) is 4.76. The molecule has 1 rings (SSSR count). The molecule has 1 heterocycles. The van der Waals surface area contributed by atoms with Crippen LogP contribution in [0.4, 0.5) is 10.2 Å². The largest absolute Gasteiger partial charge is 0.383 e. The van der Waals surface area contributed by atoms with E-state index >= 15 is 0 Å². The lowest BCUT2D eigenvalue weighted by molar-refractivity contribution is 0.619. The number of nitrogen functional groups attached to an aromatic ring is 1. The molecule has 0 unspecified atom stereocenters. The van der Waals surface area contributed by atoms with Gasteiger partial charge in [0, 0.05) is 8.07 Å². The van der Waals surface area contributed by atoms with Crippen LogP contribution in [-0.2, 0) is 6.42 Å². The van der Waals surface area contributed by atoms with Crippen molar-refractivity contribution >= 4 is 13.9 Å². The molecule has 0 aromatic carbocycles. The van der Waals surface area contributed by atoms with Gasteiger partial charge in [-0.05, 0) is 18.1 Å². The zero-order valence-electron chi connectivity index (χ0n) is 8.97. The second kappa shape index (κ2) is 4.08. The third kappa shape index (κ3) is 3.45. The first-order valence-electron chi connectivity index (χ1n) is 4.78. The van der Waals surface area contributed by atoms with Gasteiger partial charge in [-0.1, -0.05) is 25.7 Å². The van der Waals surface area contributed by atoms with Crippen molar-refractivity contribution in [2.45, 2.75) is 32.1 Å². The molecule has 0 bridgehead atoms. The molecule has 0 aliphatic carbocycles. The summed E-state index contributed by atoms with van der Waals surface area (Å²) in [5, 5.41) is 0. The molecule has 78 valence electrons. The van der Waals surface area contributed by atoms with Crippen molar-refractivity contribution in [3.8, 4) is 0 Å². The fourth-order valence-corrected chi connectivity index (χ4v) is 2.22. The van der Waals surface area contributed by atoms with E-state index in [1.54, 1.807) is 0 Å². The Morgan fingerprint density at radius 2 is 2.07 bits per heavy atom. The van der Waals surface area contributed by atoms with Gasteiger partial charge in [-0.25, -0.2) is 9.37 Å². The number of halogens is 1. The number of pyridine rings is 1. The average molecular weight is 212 g/mol. The third-order valence-electron chi connectivity index (χ3n) is 2.11. The monoisotopic (exact) mass is 212 g/mol. The van der Waals surface area contributed by atoms with Crippen LogP contribution >= 0.6 is 0 Å². The van der Waals surface area contributed by atoms with Crippen LogP contribution in [0.25, 0.3) is 0 Å². The molecule has 1 aromatic rings. The first-order chi connectivity index (χ1) is 6.38. The predicted molar refractivity (Wildman–Crippen MR) is 60.5 cm³/mol. The van der Waals surface area contributed by atoms with Crippen molar-refractivity contribution in [1.82, 2.24) is 4.98 Å². The Morgan fingerprint density at radius 1 is 1.43 bits per heavy atom. The number of aromatic nitrogens is 1. The summed E-state index contributed by atoms with van der Waals surface area (Å²) in [6.45, 7) is 6.86. The van der Waals surface area contributed by atoms with Crippen molar-refractivity contribution in [2.24, 2.45) is 0 Å². The fourth-order valence-electron chi connectivity index (χ4n) is 1.20. The minimum Gasteiger partial charge on any atom is -0.383 e. The van der Waals surface area contributed by atoms with Gasteiger partial charge in [-0.3, -0.25) is 0 Å². The maximum atomic E-state index is 12.9. The first-order valence-corrected chi connectivity index (χ1v) is 8.49. The van der Waals surface area contributed by atoms with Gasteiger partial charge in [0.1, 0.15) is 11.6 Å². The molecule has 0 spiro atoms. The van der Waals surface area contributed by atoms with Gasteiger partial charge in [0.15, 0.2) is 0 Å². The molecule has 0 saturated carbocycles. The second-order valence-corrected chi connectivity index (χ2v) is 10.4. The SMILES string of the molecule is C[Si](C)(C)CCc1cc(F)cnc1N. The summed E-state index contributed by atoms with van der Waals surface area (Å²) in [6.07, 6.45) is 2.00. The van der Waals surface area contributed by atoms with Crippen LogP contribution in [0.15, 0.2) is 12.3 Å². The summed E-state index contributed by atoms with van der Waals surface area (Å²) in [5.74, 6) is 0.162. The number of hydrogen-bond acceptors (Lipinski definition) is 2. The van der Waals surface area contributed by atoms with Crippen LogP contribution in [0.3, 0.4) is 0 Å². The molecule has 4 heteroatoms. The maximum Gasteiger partial charge on any atom is 0.141 e. The van der Waals surface area contributed by atoms with Gasteiger partial charge in [0.05, 0.1) is 6.20 Å². The molecule has 0 fully saturated rings. The molecule has 0 aliphatic rings. The molecule has 0 radical (unpaired) electrons. The summed E-state index contributed by atoms with van der Waals surface area (Å²) in [5.41, 5.74) is 6.50. The average Bonchev–Trinajstić information content (AvgIpc) is 2.05. The van der Waals surface area contributed by atoms with Crippen molar-refractivity contribution in [2.75, 3.05) is 5.73 Å². The van der Waals surface area contributed by atoms with Gasteiger partial charge in [-0.2, -0.15) is 0 Å². The fraction of sp³-hybridized carbons (Fsp3) is 0.500. The molecular weight excluding hydrogens is 195 g/mol. The van der Waals surface area contributed by atoms with E-state index in [1.807, 2.05) is 0 Å². The highest BCUT2D eigenvalue weighted by molar-refractivity contribution is 6.76. The molecule has 0 saturated heterocycles. The molecule has 0 aliphatic heterocycles. The molecule has 14 heavy (non-hydrogen) atoms. The zero-order chi connectivity index (χ0) is 10.8. The minimum atomic E-state index is -1.09. The molecule has 2 nitrogen and oxygen atoms in total. The van der Waals surface area contributed by atoms with Crippen LogP contribution in [-0.4, -0.2) is 13.1 Å². The van der Waals surface area contributed by atoms with E-state index < -0.39 is 8.07 Å². The van der Waals surface area contributed by atoms with Gasteiger partial charge < -0.3 is 5.73 Å². The van der Waals surface area contributed by atoms with E-state index in [0.29, 0.717) is 5.82 Å². The number of anilines is 1. The smallest absolute Gasteiger partial charge is 0.141 e. The van der Waals surface area contributed by atoms with Crippen LogP contribution in [0.5, 0.6) is 0 Å². The van der Waals surface area contributed by atoms with E-state index in [0.717, 1.165) is 24.2 Å². The van der Waals surface area contributed by atoms with E-state index in [9.17, 15) is 4.39 Å². The van der Waals surface area contributed by atoms with Gasteiger partial charge in [0.2, 0.25) is 0 Å². The summed E-state index contributed by atoms with van der Waals surface area (Å²) >= 11 is 0. The van der Waals surface area contributed by atoms with Crippen LogP contribution in [0, 0.1) is 5.82 Å². The number of nitrogens with zero attached hydrogens (tertiary/aromatic N) is 1. The summed E-state index contributed by atoms with van der Waals surface area (Å²) in [4.78, 5) is 3.80. The van der Waals surface area contributed by atoms with E-state index in [-0.39, 0.29) is 5.82 Å². The lowest BCUT2D eigenvalue weighted by Crippen LogP contribution is -2.20. The van der Waals surface area contributed by atoms with Crippen LogP contribution in [0.1, 0.15) is 5.56 Å². The van der Waals surface area contributed by atoms with Gasteiger partial charge in [0.25, 0.3) is 0 Å². The van der Waals surface area contributed by atoms with Crippen molar-refractivity contribution < 1.29 is 4.39 Å². The molecule has 0 amide bonds. The summed E-state index contributed by atoms with van der Waals surface area (Å²) in [6, 6.07) is 2.60. The van der Waals surface area contributed by atoms with E-state index in [4.69, 9.17) is 5.73 Å². The Kier molecular flexibility index (Phi) is 3.26. The molecule has 0 atom stereocenters. The quantitative estimate of drug-likeness (QED) is 0.782. The Hall–Kier alpha value is -0.903. The van der Waals surface area contributed by atoms with Crippen molar-refractivity contribution in [3.05, 3.63) is 23.6 Å². The van der Waals surface area contributed by atoms with Crippen molar-refractivity contribution in [3.63, 3.8) is 0 Å². The number of nitrogens with two attached hydrogens (primary N) is 1. The number of hydrogen-bond donors (Lipinski definition) is 1. The Morgan fingerprint density at radius 3 is 2.64 bits per heavy atom. The minimum absolute atomic E-state index is 0.301. The predicted octanol–water partition coefficient (Wildman–Crippen LogP) is 2.68. The third-order valence-corrected chi connectivity index (χ3v) is 3.86. The first kappa shape index (κ1) is 11.2. The van der Waals surface area contributed by atoms with Crippen molar-refractivity contribution in [1.29, 1.82) is 0 Å². The maximum absolute atomic E-state index is 12.9. The van der Waals surface area contributed by atoms with E-state index in [1.165, 1.54) is 6.07 Å². The standard InChI is InChI=1S/C10H17FN2Si/c1-14(2,3)5-4-8-6-9(11)7-13-10(8)12/h6-7H,4-5H2,1-3H3,(H2,12,13). The summed E-state index contributed by atoms with van der Waals surface area (Å²) in [7, 11) is -1.09. The highest BCUT2D eigenvalue weighted by Gasteiger charge is 2.14. The topological polar surface area (TPSA) is 38.9 Å².